The van der Waals surface area contributed by atoms with Crippen molar-refractivity contribution in [1.82, 2.24) is 5.32 Å². The minimum Gasteiger partial charge on any atom is -0.452 e. The number of benzene rings is 2. The molecule has 2 rings (SSSR count). The van der Waals surface area contributed by atoms with Crippen LogP contribution in [0.25, 0.3) is 6.08 Å². The van der Waals surface area contributed by atoms with Gasteiger partial charge in [0.2, 0.25) is 0 Å². The fraction of sp³-hybridized carbons (Fsp3) is 0.111. The molecular weight excluding hydrogens is 297 g/mol. The maximum atomic E-state index is 12.7. The van der Waals surface area contributed by atoms with Gasteiger partial charge in [-0.2, -0.15) is 0 Å². The van der Waals surface area contributed by atoms with Crippen molar-refractivity contribution in [2.45, 2.75) is 6.54 Å². The predicted molar refractivity (Wildman–Crippen MR) is 84.7 cm³/mol. The quantitative estimate of drug-likeness (QED) is 0.659. The molecule has 0 fully saturated rings. The molecule has 0 heterocycles. The summed E-state index contributed by atoms with van der Waals surface area (Å²) in [7, 11) is 0. The van der Waals surface area contributed by atoms with Crippen molar-refractivity contribution in [2.75, 3.05) is 6.61 Å². The van der Waals surface area contributed by atoms with Crippen LogP contribution in [0.5, 0.6) is 0 Å². The molecule has 1 amide bonds. The van der Waals surface area contributed by atoms with Crippen LogP contribution in [-0.2, 0) is 20.9 Å². The Bertz CT molecular complexity index is 681. The Balaban J connectivity index is 1.71. The van der Waals surface area contributed by atoms with Crippen molar-refractivity contribution < 1.29 is 18.7 Å². The Morgan fingerprint density at radius 3 is 2.43 bits per heavy atom. The Morgan fingerprint density at radius 2 is 1.74 bits per heavy atom. The standard InChI is InChI=1S/C18H16FNO3/c19-16-9-6-14(7-10-16)8-11-18(22)23-13-17(21)20-12-15-4-2-1-3-5-15/h1-11H,12-13H2,(H,20,21). The summed E-state index contributed by atoms with van der Waals surface area (Å²) < 4.78 is 17.6. The molecule has 0 aliphatic carbocycles. The summed E-state index contributed by atoms with van der Waals surface area (Å²) in [6.07, 6.45) is 2.68. The van der Waals surface area contributed by atoms with Gasteiger partial charge in [0.25, 0.3) is 5.91 Å². The minimum absolute atomic E-state index is 0.347. The van der Waals surface area contributed by atoms with Crippen molar-refractivity contribution >= 4 is 18.0 Å². The Hall–Kier alpha value is -2.95. The predicted octanol–water partition coefficient (Wildman–Crippen LogP) is 2.70. The molecule has 4 nitrogen and oxygen atoms in total. The first-order valence-electron chi connectivity index (χ1n) is 7.04. The van der Waals surface area contributed by atoms with Gasteiger partial charge in [0.05, 0.1) is 0 Å². The summed E-state index contributed by atoms with van der Waals surface area (Å²) in [5.74, 6) is -1.36. The first-order valence-corrected chi connectivity index (χ1v) is 7.04. The van der Waals surface area contributed by atoms with Crippen molar-refractivity contribution in [1.29, 1.82) is 0 Å². The number of hydrogen-bond donors (Lipinski definition) is 1. The highest BCUT2D eigenvalue weighted by Crippen LogP contribution is 2.04. The Morgan fingerprint density at radius 1 is 1.04 bits per heavy atom. The highest BCUT2D eigenvalue weighted by Gasteiger charge is 2.04. The molecule has 1 N–H and O–H groups in total. The Labute approximate surface area is 133 Å². The van der Waals surface area contributed by atoms with E-state index >= 15 is 0 Å². The van der Waals surface area contributed by atoms with Gasteiger partial charge in [0.15, 0.2) is 6.61 Å². The first-order chi connectivity index (χ1) is 11.1. The van der Waals surface area contributed by atoms with Crippen LogP contribution < -0.4 is 5.32 Å². The largest absolute Gasteiger partial charge is 0.452 e. The number of ether oxygens (including phenoxy) is 1. The molecule has 0 aromatic heterocycles. The smallest absolute Gasteiger partial charge is 0.331 e. The van der Waals surface area contributed by atoms with E-state index in [4.69, 9.17) is 4.74 Å². The molecular formula is C18H16FNO3. The van der Waals surface area contributed by atoms with Gasteiger partial charge in [-0.05, 0) is 29.3 Å². The zero-order valence-electron chi connectivity index (χ0n) is 12.4. The maximum Gasteiger partial charge on any atom is 0.331 e. The van der Waals surface area contributed by atoms with Crippen LogP contribution in [0.2, 0.25) is 0 Å². The number of rotatable bonds is 6. The van der Waals surface area contributed by atoms with Crippen molar-refractivity contribution in [3.8, 4) is 0 Å². The van der Waals surface area contributed by atoms with Gasteiger partial charge in [-0.3, -0.25) is 4.79 Å². The number of nitrogens with one attached hydrogen (secondary N) is 1. The van der Waals surface area contributed by atoms with E-state index in [1.807, 2.05) is 30.3 Å². The molecule has 23 heavy (non-hydrogen) atoms. The van der Waals surface area contributed by atoms with Crippen LogP contribution in [0.4, 0.5) is 4.39 Å². The number of carbonyl (C=O) groups excluding carboxylic acids is 2. The number of hydrogen-bond acceptors (Lipinski definition) is 3. The van der Waals surface area contributed by atoms with E-state index in [0.29, 0.717) is 12.1 Å². The highest BCUT2D eigenvalue weighted by molar-refractivity contribution is 5.89. The molecule has 0 unspecified atom stereocenters. The van der Waals surface area contributed by atoms with Gasteiger partial charge < -0.3 is 10.1 Å². The van der Waals surface area contributed by atoms with Gasteiger partial charge in [0, 0.05) is 12.6 Å². The number of esters is 1. The second-order valence-corrected chi connectivity index (χ2v) is 4.75. The lowest BCUT2D eigenvalue weighted by Crippen LogP contribution is -2.28. The summed E-state index contributed by atoms with van der Waals surface area (Å²) in [6, 6.07) is 15.1. The van der Waals surface area contributed by atoms with Crippen LogP contribution >= 0.6 is 0 Å². The summed E-state index contributed by atoms with van der Waals surface area (Å²) >= 11 is 0. The second kappa shape index (κ2) is 8.48. The van der Waals surface area contributed by atoms with E-state index in [9.17, 15) is 14.0 Å². The molecule has 2 aromatic rings. The average molecular weight is 313 g/mol. The SMILES string of the molecule is O=C(COC(=O)C=Cc1ccc(F)cc1)NCc1ccccc1. The van der Waals surface area contributed by atoms with Gasteiger partial charge in [-0.1, -0.05) is 42.5 Å². The summed E-state index contributed by atoms with van der Waals surface area (Å²) in [5.41, 5.74) is 1.63. The lowest BCUT2D eigenvalue weighted by molar-refractivity contribution is -0.143. The molecule has 2 aromatic carbocycles. The molecule has 0 radical (unpaired) electrons. The third-order valence-corrected chi connectivity index (χ3v) is 2.96. The van der Waals surface area contributed by atoms with Gasteiger partial charge in [-0.25, -0.2) is 9.18 Å². The summed E-state index contributed by atoms with van der Waals surface area (Å²) in [4.78, 5) is 23.1. The van der Waals surface area contributed by atoms with E-state index in [2.05, 4.69) is 5.32 Å². The molecule has 5 heteroatoms. The zero-order chi connectivity index (χ0) is 16.5. The first kappa shape index (κ1) is 16.4. The fourth-order valence-electron chi connectivity index (χ4n) is 1.77. The maximum absolute atomic E-state index is 12.7. The molecule has 0 atom stereocenters. The molecule has 0 aliphatic rings. The molecule has 0 saturated heterocycles. The number of halogens is 1. The van der Waals surface area contributed by atoms with Crippen molar-refractivity contribution in [3.05, 3.63) is 77.6 Å². The monoisotopic (exact) mass is 313 g/mol. The molecule has 0 spiro atoms. The van der Waals surface area contributed by atoms with Crippen LogP contribution in [0.15, 0.2) is 60.7 Å². The third-order valence-electron chi connectivity index (χ3n) is 2.96. The van der Waals surface area contributed by atoms with Crippen molar-refractivity contribution in [3.63, 3.8) is 0 Å². The summed E-state index contributed by atoms with van der Waals surface area (Å²) in [6.45, 7) is 0.0298. The van der Waals surface area contributed by atoms with Gasteiger partial charge >= 0.3 is 5.97 Å². The van der Waals surface area contributed by atoms with E-state index < -0.39 is 5.97 Å². The topological polar surface area (TPSA) is 55.4 Å². The molecule has 118 valence electrons. The highest BCUT2D eigenvalue weighted by atomic mass is 19.1. The fourth-order valence-corrected chi connectivity index (χ4v) is 1.77. The van der Waals surface area contributed by atoms with Crippen LogP contribution in [-0.4, -0.2) is 18.5 Å². The third kappa shape index (κ3) is 6.13. The lowest BCUT2D eigenvalue weighted by atomic mass is 10.2. The van der Waals surface area contributed by atoms with Gasteiger partial charge in [-0.15, -0.1) is 0 Å². The molecule has 0 aliphatic heterocycles. The van der Waals surface area contributed by atoms with E-state index in [1.54, 1.807) is 0 Å². The van der Waals surface area contributed by atoms with Crippen LogP contribution in [0.3, 0.4) is 0 Å². The average Bonchev–Trinajstić information content (AvgIpc) is 2.58. The Kier molecular flexibility index (Phi) is 6.06. The zero-order valence-corrected chi connectivity index (χ0v) is 12.4. The number of carbonyl (C=O) groups is 2. The molecule has 0 saturated carbocycles. The summed E-state index contributed by atoms with van der Waals surface area (Å²) in [5, 5.41) is 2.65. The van der Waals surface area contributed by atoms with Crippen LogP contribution in [0, 0.1) is 5.82 Å². The van der Waals surface area contributed by atoms with Gasteiger partial charge in [0.1, 0.15) is 5.82 Å². The minimum atomic E-state index is -0.635. The van der Waals surface area contributed by atoms with E-state index in [1.165, 1.54) is 36.4 Å². The van der Waals surface area contributed by atoms with Crippen LogP contribution in [0.1, 0.15) is 11.1 Å². The molecule has 0 bridgehead atoms. The van der Waals surface area contributed by atoms with E-state index in [-0.39, 0.29) is 18.3 Å². The van der Waals surface area contributed by atoms with E-state index in [0.717, 1.165) is 5.56 Å². The lowest BCUT2D eigenvalue weighted by Gasteiger charge is -2.05. The van der Waals surface area contributed by atoms with Crippen molar-refractivity contribution in [2.24, 2.45) is 0 Å². The number of amides is 1. The second-order valence-electron chi connectivity index (χ2n) is 4.75. The normalized spacial score (nSPS) is 10.5.